The zero-order valence-electron chi connectivity index (χ0n) is 11.8. The molecule has 0 saturated heterocycles. The Hall–Kier alpha value is -2.21. The molecule has 2 aromatic rings. The first kappa shape index (κ1) is 15.2. The van der Waals surface area contributed by atoms with Gasteiger partial charge in [0.25, 0.3) is 0 Å². The molecule has 0 spiro atoms. The number of amides is 1. The van der Waals surface area contributed by atoms with Gasteiger partial charge in [-0.3, -0.25) is 4.79 Å². The molecule has 1 aromatic heterocycles. The molecule has 0 aliphatic heterocycles. The Morgan fingerprint density at radius 1 is 1.43 bits per heavy atom. The first-order chi connectivity index (χ1) is 10.1. The number of ether oxygens (including phenoxy) is 1. The van der Waals surface area contributed by atoms with Crippen LogP contribution in [0.2, 0.25) is 5.02 Å². The van der Waals surface area contributed by atoms with Crippen LogP contribution >= 0.6 is 11.6 Å². The van der Waals surface area contributed by atoms with E-state index in [1.807, 2.05) is 0 Å². The van der Waals surface area contributed by atoms with Crippen LogP contribution in [0.25, 0.3) is 0 Å². The lowest BCUT2D eigenvalue weighted by molar-refractivity contribution is -0.115. The molecule has 7 heteroatoms. The van der Waals surface area contributed by atoms with E-state index in [4.69, 9.17) is 20.9 Å². The number of rotatable bonds is 6. The molecule has 1 aromatic carbocycles. The normalized spacial score (nSPS) is 10.2. The summed E-state index contributed by atoms with van der Waals surface area (Å²) in [5, 5.41) is 9.99. The molecule has 0 aliphatic rings. The van der Waals surface area contributed by atoms with Crippen molar-refractivity contribution in [2.24, 2.45) is 0 Å². The number of aryl methyl sites for hydroxylation is 1. The number of nitrogens with one attached hydrogen (secondary N) is 2. The smallest absolute Gasteiger partial charge is 0.226 e. The fourth-order valence-corrected chi connectivity index (χ4v) is 1.98. The Morgan fingerprint density at radius 2 is 2.24 bits per heavy atom. The van der Waals surface area contributed by atoms with Crippen molar-refractivity contribution in [1.29, 1.82) is 0 Å². The third-order valence-electron chi connectivity index (χ3n) is 2.72. The van der Waals surface area contributed by atoms with Crippen molar-refractivity contribution >= 4 is 29.0 Å². The molecule has 1 heterocycles. The van der Waals surface area contributed by atoms with Crippen molar-refractivity contribution in [2.45, 2.75) is 13.3 Å². The SMILES string of the molecule is COc1ccc(NC(=O)CCNc2cc(C)on2)cc1Cl. The van der Waals surface area contributed by atoms with E-state index in [0.29, 0.717) is 35.2 Å². The highest BCUT2D eigenvalue weighted by molar-refractivity contribution is 6.32. The highest BCUT2D eigenvalue weighted by Gasteiger charge is 2.06. The standard InChI is InChI=1S/C14H16ClN3O3/c1-9-7-13(18-21-9)16-6-5-14(19)17-10-3-4-12(20-2)11(15)8-10/h3-4,7-8H,5-6H2,1-2H3,(H,16,18)(H,17,19). The quantitative estimate of drug-likeness (QED) is 0.857. The van der Waals surface area contributed by atoms with E-state index in [2.05, 4.69) is 15.8 Å². The third kappa shape index (κ3) is 4.39. The van der Waals surface area contributed by atoms with Gasteiger partial charge in [0.1, 0.15) is 11.5 Å². The van der Waals surface area contributed by atoms with Crippen molar-refractivity contribution in [3.8, 4) is 5.75 Å². The topological polar surface area (TPSA) is 76.4 Å². The minimum atomic E-state index is -0.121. The molecule has 112 valence electrons. The van der Waals surface area contributed by atoms with Gasteiger partial charge in [0.15, 0.2) is 5.82 Å². The van der Waals surface area contributed by atoms with Crippen LogP contribution in [0.4, 0.5) is 11.5 Å². The molecule has 0 bridgehead atoms. The van der Waals surface area contributed by atoms with Gasteiger partial charge in [-0.1, -0.05) is 16.8 Å². The summed E-state index contributed by atoms with van der Waals surface area (Å²) in [6.07, 6.45) is 0.301. The summed E-state index contributed by atoms with van der Waals surface area (Å²) < 4.78 is 9.96. The van der Waals surface area contributed by atoms with Crippen LogP contribution in [0.1, 0.15) is 12.2 Å². The van der Waals surface area contributed by atoms with Crippen molar-refractivity contribution in [1.82, 2.24) is 5.16 Å². The van der Waals surface area contributed by atoms with Crippen molar-refractivity contribution in [3.63, 3.8) is 0 Å². The number of nitrogens with zero attached hydrogens (tertiary/aromatic N) is 1. The lowest BCUT2D eigenvalue weighted by Crippen LogP contribution is -2.16. The predicted molar refractivity (Wildman–Crippen MR) is 81.0 cm³/mol. The molecule has 0 atom stereocenters. The summed E-state index contributed by atoms with van der Waals surface area (Å²) >= 11 is 5.99. The van der Waals surface area contributed by atoms with Crippen LogP contribution in [0.5, 0.6) is 5.75 Å². The Labute approximate surface area is 127 Å². The summed E-state index contributed by atoms with van der Waals surface area (Å²) in [6, 6.07) is 6.85. The van der Waals surface area contributed by atoms with E-state index in [-0.39, 0.29) is 5.91 Å². The summed E-state index contributed by atoms with van der Waals surface area (Å²) in [5.41, 5.74) is 0.628. The van der Waals surface area contributed by atoms with Gasteiger partial charge in [0.2, 0.25) is 5.91 Å². The summed E-state index contributed by atoms with van der Waals surface area (Å²) in [5.74, 6) is 1.78. The van der Waals surface area contributed by atoms with Gasteiger partial charge < -0.3 is 19.9 Å². The summed E-state index contributed by atoms with van der Waals surface area (Å²) in [6.45, 7) is 2.26. The molecule has 21 heavy (non-hydrogen) atoms. The lowest BCUT2D eigenvalue weighted by Gasteiger charge is -2.08. The first-order valence-corrected chi connectivity index (χ1v) is 6.77. The molecular weight excluding hydrogens is 294 g/mol. The Kier molecular flexibility index (Phi) is 5.05. The maximum atomic E-state index is 11.8. The average molecular weight is 310 g/mol. The maximum absolute atomic E-state index is 11.8. The predicted octanol–water partition coefficient (Wildman–Crippen LogP) is 3.09. The monoisotopic (exact) mass is 309 g/mol. The van der Waals surface area contributed by atoms with E-state index < -0.39 is 0 Å². The molecular formula is C14H16ClN3O3. The summed E-state index contributed by atoms with van der Waals surface area (Å²) in [4.78, 5) is 11.8. The van der Waals surface area contributed by atoms with Crippen LogP contribution in [0, 0.1) is 6.92 Å². The minimum Gasteiger partial charge on any atom is -0.495 e. The van der Waals surface area contributed by atoms with E-state index >= 15 is 0 Å². The van der Waals surface area contributed by atoms with Crippen molar-refractivity contribution < 1.29 is 14.1 Å². The van der Waals surface area contributed by atoms with Gasteiger partial charge in [-0.15, -0.1) is 0 Å². The van der Waals surface area contributed by atoms with Gasteiger partial charge >= 0.3 is 0 Å². The molecule has 0 saturated carbocycles. The highest BCUT2D eigenvalue weighted by Crippen LogP contribution is 2.27. The fourth-order valence-electron chi connectivity index (χ4n) is 1.72. The number of halogens is 1. The number of hydrogen-bond donors (Lipinski definition) is 2. The summed E-state index contributed by atoms with van der Waals surface area (Å²) in [7, 11) is 1.54. The van der Waals surface area contributed by atoms with Crippen LogP contribution < -0.4 is 15.4 Å². The van der Waals surface area contributed by atoms with Gasteiger partial charge in [-0.25, -0.2) is 0 Å². The number of hydrogen-bond acceptors (Lipinski definition) is 5. The average Bonchev–Trinajstić information content (AvgIpc) is 2.84. The van der Waals surface area contributed by atoms with Gasteiger partial charge in [-0.05, 0) is 25.1 Å². The highest BCUT2D eigenvalue weighted by atomic mass is 35.5. The molecule has 2 rings (SSSR count). The van der Waals surface area contributed by atoms with Gasteiger partial charge in [0.05, 0.1) is 12.1 Å². The molecule has 0 fully saturated rings. The third-order valence-corrected chi connectivity index (χ3v) is 3.02. The minimum absolute atomic E-state index is 0.121. The number of carbonyl (C=O) groups excluding carboxylic acids is 1. The Balaban J connectivity index is 1.80. The van der Waals surface area contributed by atoms with Crippen LogP contribution in [-0.4, -0.2) is 24.7 Å². The molecule has 0 radical (unpaired) electrons. The molecule has 1 amide bonds. The molecule has 2 N–H and O–H groups in total. The van der Waals surface area contributed by atoms with Crippen molar-refractivity contribution in [2.75, 3.05) is 24.3 Å². The van der Waals surface area contributed by atoms with Crippen LogP contribution in [0.15, 0.2) is 28.8 Å². The molecule has 0 unspecified atom stereocenters. The van der Waals surface area contributed by atoms with Crippen LogP contribution in [-0.2, 0) is 4.79 Å². The van der Waals surface area contributed by atoms with Crippen LogP contribution in [0.3, 0.4) is 0 Å². The number of anilines is 2. The van der Waals surface area contributed by atoms with E-state index in [9.17, 15) is 4.79 Å². The Bertz CT molecular complexity index is 628. The van der Waals surface area contributed by atoms with E-state index in [1.54, 1.807) is 31.2 Å². The maximum Gasteiger partial charge on any atom is 0.226 e. The lowest BCUT2D eigenvalue weighted by atomic mass is 10.3. The molecule has 6 nitrogen and oxygen atoms in total. The van der Waals surface area contributed by atoms with Crippen molar-refractivity contribution in [3.05, 3.63) is 35.0 Å². The van der Waals surface area contributed by atoms with E-state index in [0.717, 1.165) is 5.76 Å². The number of aromatic nitrogens is 1. The first-order valence-electron chi connectivity index (χ1n) is 6.39. The van der Waals surface area contributed by atoms with E-state index in [1.165, 1.54) is 7.11 Å². The fraction of sp³-hybridized carbons (Fsp3) is 0.286. The molecule has 0 aliphatic carbocycles. The number of methoxy groups -OCH3 is 1. The van der Waals surface area contributed by atoms with Gasteiger partial charge in [-0.2, -0.15) is 0 Å². The second kappa shape index (κ2) is 6.99. The second-order valence-electron chi connectivity index (χ2n) is 4.40. The second-order valence-corrected chi connectivity index (χ2v) is 4.80. The zero-order chi connectivity index (χ0) is 15.2. The number of benzene rings is 1. The Morgan fingerprint density at radius 3 is 2.86 bits per heavy atom. The number of carbonyl (C=O) groups is 1. The zero-order valence-corrected chi connectivity index (χ0v) is 12.5. The van der Waals surface area contributed by atoms with Gasteiger partial charge in [0, 0.05) is 24.7 Å². The largest absolute Gasteiger partial charge is 0.495 e.